The number of hydrogen-bond donors (Lipinski definition) is 2. The van der Waals surface area contributed by atoms with Crippen LogP contribution >= 0.6 is 11.6 Å². The Bertz CT molecular complexity index is 381. The van der Waals surface area contributed by atoms with Crippen molar-refractivity contribution in [2.24, 2.45) is 0 Å². The van der Waals surface area contributed by atoms with Gasteiger partial charge < -0.3 is 15.2 Å². The van der Waals surface area contributed by atoms with Gasteiger partial charge in [0.05, 0.1) is 24.8 Å². The fraction of sp³-hybridized carbons (Fsp3) is 0.364. The van der Waals surface area contributed by atoms with E-state index in [-0.39, 0.29) is 12.5 Å². The van der Waals surface area contributed by atoms with Gasteiger partial charge in [-0.05, 0) is 17.7 Å². The van der Waals surface area contributed by atoms with Crippen LogP contribution in [-0.2, 0) is 4.79 Å². The molecule has 1 unspecified atom stereocenters. The number of halogens is 1. The second-order valence-corrected chi connectivity index (χ2v) is 3.74. The van der Waals surface area contributed by atoms with Gasteiger partial charge in [0.15, 0.2) is 0 Å². The minimum Gasteiger partial charge on any atom is -0.495 e. The third kappa shape index (κ3) is 3.12. The van der Waals surface area contributed by atoms with Crippen LogP contribution < -0.4 is 10.1 Å². The van der Waals surface area contributed by atoms with E-state index in [1.165, 1.54) is 14.0 Å². The van der Waals surface area contributed by atoms with Crippen molar-refractivity contribution in [1.29, 1.82) is 0 Å². The predicted molar refractivity (Wildman–Crippen MR) is 61.6 cm³/mol. The topological polar surface area (TPSA) is 58.6 Å². The Balaban J connectivity index is 2.93. The van der Waals surface area contributed by atoms with Gasteiger partial charge in [0.1, 0.15) is 5.75 Å². The molecule has 16 heavy (non-hydrogen) atoms. The fourth-order valence-electron chi connectivity index (χ4n) is 1.38. The van der Waals surface area contributed by atoms with Crippen LogP contribution in [0.15, 0.2) is 18.2 Å². The van der Waals surface area contributed by atoms with Gasteiger partial charge in [-0.1, -0.05) is 17.7 Å². The summed E-state index contributed by atoms with van der Waals surface area (Å²) in [7, 11) is 1.53. The molecule has 1 amide bonds. The fourth-order valence-corrected chi connectivity index (χ4v) is 1.65. The molecular formula is C11H14ClNO3. The second kappa shape index (κ2) is 5.72. The van der Waals surface area contributed by atoms with Crippen molar-refractivity contribution < 1.29 is 14.6 Å². The summed E-state index contributed by atoms with van der Waals surface area (Å²) in [6, 6.07) is 4.67. The van der Waals surface area contributed by atoms with Crippen LogP contribution in [0.1, 0.15) is 18.5 Å². The molecule has 1 aromatic rings. The van der Waals surface area contributed by atoms with Crippen molar-refractivity contribution >= 4 is 17.5 Å². The molecule has 0 aliphatic rings. The molecule has 5 heteroatoms. The molecule has 0 spiro atoms. The summed E-state index contributed by atoms with van der Waals surface area (Å²) in [5.41, 5.74) is 0.739. The molecule has 0 saturated carbocycles. The molecule has 0 radical (unpaired) electrons. The maximum atomic E-state index is 10.9. The Labute approximate surface area is 99.2 Å². The van der Waals surface area contributed by atoms with Gasteiger partial charge in [0.25, 0.3) is 0 Å². The first-order chi connectivity index (χ1) is 7.58. The van der Waals surface area contributed by atoms with E-state index in [1.807, 2.05) is 0 Å². The van der Waals surface area contributed by atoms with E-state index >= 15 is 0 Å². The summed E-state index contributed by atoms with van der Waals surface area (Å²) in [5, 5.41) is 12.2. The Morgan fingerprint density at radius 3 is 2.75 bits per heavy atom. The lowest BCUT2D eigenvalue weighted by Gasteiger charge is -2.16. The molecule has 0 aliphatic carbocycles. The second-order valence-electron chi connectivity index (χ2n) is 3.33. The molecule has 0 aliphatic heterocycles. The number of nitrogens with one attached hydrogen (secondary N) is 1. The Hall–Kier alpha value is -1.26. The van der Waals surface area contributed by atoms with E-state index in [0.717, 1.165) is 5.56 Å². The number of benzene rings is 1. The Kier molecular flexibility index (Phi) is 4.58. The average molecular weight is 244 g/mol. The number of aliphatic hydroxyl groups is 1. The summed E-state index contributed by atoms with van der Waals surface area (Å²) in [5.74, 6) is 0.357. The zero-order valence-corrected chi connectivity index (χ0v) is 9.91. The third-order valence-electron chi connectivity index (χ3n) is 2.14. The molecule has 0 aromatic heterocycles. The first-order valence-corrected chi connectivity index (χ1v) is 5.17. The summed E-state index contributed by atoms with van der Waals surface area (Å²) >= 11 is 5.95. The van der Waals surface area contributed by atoms with Crippen LogP contribution in [-0.4, -0.2) is 24.7 Å². The van der Waals surface area contributed by atoms with E-state index < -0.39 is 6.04 Å². The number of rotatable bonds is 4. The lowest BCUT2D eigenvalue weighted by Crippen LogP contribution is -2.28. The minimum absolute atomic E-state index is 0.178. The van der Waals surface area contributed by atoms with Crippen LogP contribution in [0.2, 0.25) is 5.02 Å². The summed E-state index contributed by atoms with van der Waals surface area (Å²) < 4.78 is 5.01. The van der Waals surface area contributed by atoms with Gasteiger partial charge in [-0.15, -0.1) is 0 Å². The average Bonchev–Trinajstić information content (AvgIpc) is 2.25. The van der Waals surface area contributed by atoms with Gasteiger partial charge in [-0.3, -0.25) is 4.79 Å². The van der Waals surface area contributed by atoms with E-state index in [4.69, 9.17) is 21.4 Å². The monoisotopic (exact) mass is 243 g/mol. The molecule has 1 aromatic carbocycles. The lowest BCUT2D eigenvalue weighted by molar-refractivity contribution is -0.120. The number of methoxy groups -OCH3 is 1. The highest BCUT2D eigenvalue weighted by Crippen LogP contribution is 2.27. The smallest absolute Gasteiger partial charge is 0.217 e. The maximum Gasteiger partial charge on any atom is 0.217 e. The van der Waals surface area contributed by atoms with Gasteiger partial charge in [0, 0.05) is 6.92 Å². The highest BCUT2D eigenvalue weighted by molar-refractivity contribution is 6.32. The highest BCUT2D eigenvalue weighted by Gasteiger charge is 2.13. The van der Waals surface area contributed by atoms with Crippen LogP contribution in [0.25, 0.3) is 0 Å². The third-order valence-corrected chi connectivity index (χ3v) is 2.43. The van der Waals surface area contributed by atoms with Gasteiger partial charge in [-0.2, -0.15) is 0 Å². The van der Waals surface area contributed by atoms with Crippen molar-refractivity contribution in [3.63, 3.8) is 0 Å². The SMILES string of the molecule is COc1ccc(C(CO)NC(C)=O)cc1Cl. The summed E-state index contributed by atoms with van der Waals surface area (Å²) in [6.45, 7) is 1.22. The van der Waals surface area contributed by atoms with Crippen molar-refractivity contribution in [1.82, 2.24) is 5.32 Å². The van der Waals surface area contributed by atoms with Gasteiger partial charge in [-0.25, -0.2) is 0 Å². The van der Waals surface area contributed by atoms with Crippen LogP contribution in [0.4, 0.5) is 0 Å². The van der Waals surface area contributed by atoms with E-state index in [9.17, 15) is 4.79 Å². The Morgan fingerprint density at radius 1 is 1.62 bits per heavy atom. The van der Waals surface area contributed by atoms with E-state index in [1.54, 1.807) is 18.2 Å². The zero-order valence-electron chi connectivity index (χ0n) is 9.16. The number of aliphatic hydroxyl groups excluding tert-OH is 1. The number of ether oxygens (including phenoxy) is 1. The summed E-state index contributed by atoms with van der Waals surface area (Å²) in [4.78, 5) is 10.9. The van der Waals surface area contributed by atoms with Crippen LogP contribution in [0.3, 0.4) is 0 Å². The zero-order chi connectivity index (χ0) is 12.1. The lowest BCUT2D eigenvalue weighted by atomic mass is 10.1. The largest absolute Gasteiger partial charge is 0.495 e. The molecule has 88 valence electrons. The van der Waals surface area contributed by atoms with Crippen molar-refractivity contribution in [2.75, 3.05) is 13.7 Å². The van der Waals surface area contributed by atoms with Gasteiger partial charge >= 0.3 is 0 Å². The molecule has 0 bridgehead atoms. The number of carbonyl (C=O) groups is 1. The van der Waals surface area contributed by atoms with Crippen molar-refractivity contribution in [3.05, 3.63) is 28.8 Å². The number of carbonyl (C=O) groups excluding carboxylic acids is 1. The highest BCUT2D eigenvalue weighted by atomic mass is 35.5. The van der Waals surface area contributed by atoms with E-state index in [0.29, 0.717) is 10.8 Å². The minimum atomic E-state index is -0.444. The maximum absolute atomic E-state index is 10.9. The molecule has 4 nitrogen and oxygen atoms in total. The first kappa shape index (κ1) is 12.8. The van der Waals surface area contributed by atoms with Crippen LogP contribution in [0.5, 0.6) is 5.75 Å². The molecule has 1 atom stereocenters. The summed E-state index contributed by atoms with van der Waals surface area (Å²) in [6.07, 6.45) is 0. The van der Waals surface area contributed by atoms with Gasteiger partial charge in [0.2, 0.25) is 5.91 Å². The van der Waals surface area contributed by atoms with Crippen molar-refractivity contribution in [2.45, 2.75) is 13.0 Å². The molecule has 0 saturated heterocycles. The number of hydrogen-bond acceptors (Lipinski definition) is 3. The molecule has 1 rings (SSSR count). The van der Waals surface area contributed by atoms with Crippen molar-refractivity contribution in [3.8, 4) is 5.75 Å². The van der Waals surface area contributed by atoms with E-state index in [2.05, 4.69) is 5.32 Å². The molecular weight excluding hydrogens is 230 g/mol. The normalized spacial score (nSPS) is 12.0. The van der Waals surface area contributed by atoms with Crippen LogP contribution in [0, 0.1) is 0 Å². The number of amides is 1. The molecule has 0 fully saturated rings. The molecule has 2 N–H and O–H groups in total. The Morgan fingerprint density at radius 2 is 2.31 bits per heavy atom. The standard InChI is InChI=1S/C11H14ClNO3/c1-7(15)13-10(6-14)8-3-4-11(16-2)9(12)5-8/h3-5,10,14H,6H2,1-2H3,(H,13,15). The first-order valence-electron chi connectivity index (χ1n) is 4.80. The quantitative estimate of drug-likeness (QED) is 0.843. The predicted octanol–water partition coefficient (Wildman–Crippen LogP) is 1.52. The molecule has 0 heterocycles.